The number of ether oxygens (including phenoxy) is 1. The Balaban J connectivity index is 1.75. The van der Waals surface area contributed by atoms with Gasteiger partial charge in [0, 0.05) is 17.4 Å². The third kappa shape index (κ3) is 4.93. The van der Waals surface area contributed by atoms with Crippen molar-refractivity contribution in [3.8, 4) is 6.07 Å². The second kappa shape index (κ2) is 8.63. The smallest absolute Gasteiger partial charge is 0.337 e. The van der Waals surface area contributed by atoms with Gasteiger partial charge in [-0.1, -0.05) is 0 Å². The predicted octanol–water partition coefficient (Wildman–Crippen LogP) is 3.44. The van der Waals surface area contributed by atoms with E-state index in [2.05, 4.69) is 31.4 Å². The highest BCUT2D eigenvalue weighted by molar-refractivity contribution is 6.03. The molecule has 8 heteroatoms. The van der Waals surface area contributed by atoms with Crippen LogP contribution in [0.2, 0.25) is 0 Å². The summed E-state index contributed by atoms with van der Waals surface area (Å²) in [5.74, 6) is 0.0141. The number of nitrogens with zero attached hydrogens (tertiary/aromatic N) is 3. The summed E-state index contributed by atoms with van der Waals surface area (Å²) in [5, 5.41) is 14.7. The molecular formula is C21H17N5O3. The lowest BCUT2D eigenvalue weighted by atomic mass is 10.2. The molecule has 2 N–H and O–H groups in total. The highest BCUT2D eigenvalue weighted by Gasteiger charge is 2.12. The minimum absolute atomic E-state index is 0.186. The number of benzene rings is 2. The van der Waals surface area contributed by atoms with Crippen LogP contribution in [0.4, 0.5) is 17.2 Å². The quantitative estimate of drug-likeness (QED) is 0.644. The van der Waals surface area contributed by atoms with E-state index in [1.54, 1.807) is 55.5 Å². The van der Waals surface area contributed by atoms with Gasteiger partial charge in [0.2, 0.25) is 0 Å². The van der Waals surface area contributed by atoms with Gasteiger partial charge in [-0.2, -0.15) is 5.26 Å². The summed E-state index contributed by atoms with van der Waals surface area (Å²) in [6.07, 6.45) is 0. The van der Waals surface area contributed by atoms with Crippen LogP contribution < -0.4 is 10.6 Å². The first-order chi connectivity index (χ1) is 14.0. The van der Waals surface area contributed by atoms with Gasteiger partial charge in [0.15, 0.2) is 0 Å². The van der Waals surface area contributed by atoms with E-state index in [1.165, 1.54) is 13.2 Å². The number of hydrogen-bond acceptors (Lipinski definition) is 7. The molecule has 1 amide bonds. The third-order valence-corrected chi connectivity index (χ3v) is 3.92. The van der Waals surface area contributed by atoms with E-state index in [9.17, 15) is 9.59 Å². The van der Waals surface area contributed by atoms with Gasteiger partial charge in [0.25, 0.3) is 5.91 Å². The Hall–Kier alpha value is -4.25. The van der Waals surface area contributed by atoms with Crippen LogP contribution >= 0.6 is 0 Å². The summed E-state index contributed by atoms with van der Waals surface area (Å²) < 4.78 is 4.65. The van der Waals surface area contributed by atoms with Gasteiger partial charge in [-0.05, 0) is 55.5 Å². The molecule has 2 aromatic carbocycles. The first-order valence-corrected chi connectivity index (χ1v) is 8.61. The highest BCUT2D eigenvalue weighted by Crippen LogP contribution is 2.17. The van der Waals surface area contributed by atoms with Gasteiger partial charge >= 0.3 is 5.97 Å². The number of anilines is 3. The van der Waals surface area contributed by atoms with Crippen molar-refractivity contribution >= 4 is 29.1 Å². The number of nitrogens with one attached hydrogen (secondary N) is 2. The minimum Gasteiger partial charge on any atom is -0.465 e. The van der Waals surface area contributed by atoms with Crippen LogP contribution in [0.1, 0.15) is 32.2 Å². The molecule has 0 aliphatic rings. The molecule has 0 spiro atoms. The van der Waals surface area contributed by atoms with E-state index in [0.29, 0.717) is 28.5 Å². The second-order valence-corrected chi connectivity index (χ2v) is 6.02. The van der Waals surface area contributed by atoms with E-state index in [0.717, 1.165) is 5.69 Å². The van der Waals surface area contributed by atoms with E-state index < -0.39 is 11.9 Å². The number of amides is 1. The molecule has 0 aliphatic carbocycles. The monoisotopic (exact) mass is 387 g/mol. The second-order valence-electron chi connectivity index (χ2n) is 6.02. The molecular weight excluding hydrogens is 370 g/mol. The van der Waals surface area contributed by atoms with Crippen molar-refractivity contribution in [2.24, 2.45) is 0 Å². The van der Waals surface area contributed by atoms with E-state index in [1.807, 2.05) is 0 Å². The molecule has 3 aromatic rings. The summed E-state index contributed by atoms with van der Waals surface area (Å²) in [4.78, 5) is 32.5. The van der Waals surface area contributed by atoms with Gasteiger partial charge in [0.1, 0.15) is 17.3 Å². The number of rotatable bonds is 5. The Bertz CT molecular complexity index is 1090. The number of hydrogen-bond donors (Lipinski definition) is 2. The summed E-state index contributed by atoms with van der Waals surface area (Å²) in [7, 11) is 1.30. The van der Waals surface area contributed by atoms with Gasteiger partial charge < -0.3 is 15.4 Å². The molecule has 1 heterocycles. The van der Waals surface area contributed by atoms with Gasteiger partial charge in [-0.15, -0.1) is 0 Å². The Kier molecular flexibility index (Phi) is 5.80. The zero-order valence-corrected chi connectivity index (χ0v) is 15.8. The number of aryl methyl sites for hydroxylation is 1. The van der Waals surface area contributed by atoms with E-state index in [4.69, 9.17) is 5.26 Å². The summed E-state index contributed by atoms with van der Waals surface area (Å²) in [6.45, 7) is 1.69. The average Bonchev–Trinajstić information content (AvgIpc) is 2.74. The molecule has 29 heavy (non-hydrogen) atoms. The predicted molar refractivity (Wildman–Crippen MR) is 107 cm³/mol. The largest absolute Gasteiger partial charge is 0.465 e. The van der Waals surface area contributed by atoms with Crippen LogP contribution in [-0.2, 0) is 4.74 Å². The topological polar surface area (TPSA) is 117 Å². The lowest BCUT2D eigenvalue weighted by Gasteiger charge is -2.09. The lowest BCUT2D eigenvalue weighted by molar-refractivity contribution is 0.0600. The van der Waals surface area contributed by atoms with Crippen LogP contribution in [0.3, 0.4) is 0 Å². The number of carbonyl (C=O) groups excluding carboxylic acids is 2. The van der Waals surface area contributed by atoms with Crippen molar-refractivity contribution in [3.63, 3.8) is 0 Å². The fourth-order valence-corrected chi connectivity index (χ4v) is 2.53. The van der Waals surface area contributed by atoms with Crippen molar-refractivity contribution in [3.05, 3.63) is 77.2 Å². The molecule has 0 fully saturated rings. The van der Waals surface area contributed by atoms with Crippen LogP contribution in [-0.4, -0.2) is 29.0 Å². The minimum atomic E-state index is -0.451. The van der Waals surface area contributed by atoms with Crippen molar-refractivity contribution in [1.82, 2.24) is 9.97 Å². The maximum Gasteiger partial charge on any atom is 0.337 e. The molecule has 0 saturated carbocycles. The number of esters is 1. The van der Waals surface area contributed by atoms with Crippen molar-refractivity contribution in [1.29, 1.82) is 5.26 Å². The number of carbonyl (C=O) groups is 2. The molecule has 144 valence electrons. The maximum atomic E-state index is 12.6. The Morgan fingerprint density at radius 1 is 1.00 bits per heavy atom. The summed E-state index contributed by atoms with van der Waals surface area (Å²) >= 11 is 0. The number of aromatic nitrogens is 2. The first-order valence-electron chi connectivity index (χ1n) is 8.61. The lowest BCUT2D eigenvalue weighted by Crippen LogP contribution is -2.15. The fraction of sp³-hybridized carbons (Fsp3) is 0.0952. The zero-order chi connectivity index (χ0) is 20.8. The van der Waals surface area contributed by atoms with Gasteiger partial charge in [-0.25, -0.2) is 14.8 Å². The normalized spacial score (nSPS) is 9.97. The number of nitriles is 1. The molecule has 0 saturated heterocycles. The van der Waals surface area contributed by atoms with Crippen molar-refractivity contribution < 1.29 is 14.3 Å². The average molecular weight is 387 g/mol. The van der Waals surface area contributed by atoms with Crippen LogP contribution in [0.5, 0.6) is 0 Å². The highest BCUT2D eigenvalue weighted by atomic mass is 16.5. The molecule has 3 rings (SSSR count). The van der Waals surface area contributed by atoms with Crippen LogP contribution in [0.15, 0.2) is 54.6 Å². The summed E-state index contributed by atoms with van der Waals surface area (Å²) in [5.41, 5.74) is 2.36. The SMILES string of the molecule is COC(=O)c1ccc(NC(=O)c2cc(Nc3ccc(C#N)cc3)nc(C)n2)cc1. The molecule has 0 atom stereocenters. The van der Waals surface area contributed by atoms with Crippen LogP contribution in [0, 0.1) is 18.3 Å². The fourth-order valence-electron chi connectivity index (χ4n) is 2.53. The third-order valence-electron chi connectivity index (χ3n) is 3.92. The molecule has 1 aromatic heterocycles. The Morgan fingerprint density at radius 2 is 1.66 bits per heavy atom. The molecule has 0 aliphatic heterocycles. The van der Waals surface area contributed by atoms with Crippen LogP contribution in [0.25, 0.3) is 0 Å². The van der Waals surface area contributed by atoms with Crippen molar-refractivity contribution in [2.75, 3.05) is 17.7 Å². The molecule has 0 unspecified atom stereocenters. The summed E-state index contributed by atoms with van der Waals surface area (Å²) in [6, 6.07) is 16.8. The Labute approximate surface area is 167 Å². The van der Waals surface area contributed by atoms with Gasteiger partial charge in [0.05, 0.1) is 24.3 Å². The molecule has 8 nitrogen and oxygen atoms in total. The molecule has 0 radical (unpaired) electrons. The maximum absolute atomic E-state index is 12.6. The van der Waals surface area contributed by atoms with E-state index >= 15 is 0 Å². The number of methoxy groups -OCH3 is 1. The van der Waals surface area contributed by atoms with E-state index in [-0.39, 0.29) is 5.69 Å². The Morgan fingerprint density at radius 3 is 2.28 bits per heavy atom. The standard InChI is InChI=1S/C21H17N5O3/c1-13-23-18(11-19(24-13)25-16-7-3-14(12-22)4-8-16)20(27)26-17-9-5-15(6-10-17)21(28)29-2/h3-11H,1-2H3,(H,26,27)(H,23,24,25). The van der Waals surface area contributed by atoms with Crippen molar-refractivity contribution in [2.45, 2.75) is 6.92 Å². The first kappa shape index (κ1) is 19.5. The van der Waals surface area contributed by atoms with Gasteiger partial charge in [-0.3, -0.25) is 4.79 Å². The zero-order valence-electron chi connectivity index (χ0n) is 15.8. The molecule has 0 bridgehead atoms.